The summed E-state index contributed by atoms with van der Waals surface area (Å²) in [5.41, 5.74) is 0.540. The molecular formula is C23H33N3O6. The van der Waals surface area contributed by atoms with Crippen molar-refractivity contribution in [2.24, 2.45) is 5.92 Å². The van der Waals surface area contributed by atoms with Gasteiger partial charge in [0.25, 0.3) is 0 Å². The predicted molar refractivity (Wildman–Crippen MR) is 119 cm³/mol. The van der Waals surface area contributed by atoms with E-state index in [1.165, 1.54) is 32.4 Å². The average Bonchev–Trinajstić information content (AvgIpc) is 2.79. The van der Waals surface area contributed by atoms with Crippen molar-refractivity contribution in [2.75, 3.05) is 39.2 Å². The van der Waals surface area contributed by atoms with E-state index in [4.69, 9.17) is 9.47 Å². The van der Waals surface area contributed by atoms with Crippen LogP contribution in [-0.2, 0) is 19.1 Å². The van der Waals surface area contributed by atoms with Crippen LogP contribution in [0.5, 0.6) is 0 Å². The van der Waals surface area contributed by atoms with Crippen molar-refractivity contribution in [3.63, 3.8) is 0 Å². The molecule has 0 radical (unpaired) electrons. The zero-order valence-electron chi connectivity index (χ0n) is 19.2. The number of piperidine rings is 1. The number of hydrogen-bond donors (Lipinski definition) is 2. The van der Waals surface area contributed by atoms with E-state index >= 15 is 0 Å². The molecule has 0 bridgehead atoms. The Hall–Kier alpha value is -2.94. The summed E-state index contributed by atoms with van der Waals surface area (Å²) >= 11 is 0. The van der Waals surface area contributed by atoms with Crippen molar-refractivity contribution in [3.05, 3.63) is 29.3 Å². The standard InChI is InChI=1S/C23H33N3O6/c1-5-6-9-24-21(28)16-8-7-15(2)26(13-16)14-20(27)25-19-11-17(22(29)31-3)10-18(12-19)23(30)32-4/h10-12,15-16H,5-9,13-14H2,1-4H3,(H,24,28)(H,25,27). The fourth-order valence-corrected chi connectivity index (χ4v) is 3.70. The maximum Gasteiger partial charge on any atom is 0.337 e. The number of amides is 2. The topological polar surface area (TPSA) is 114 Å². The molecule has 32 heavy (non-hydrogen) atoms. The van der Waals surface area contributed by atoms with Crippen LogP contribution in [0.25, 0.3) is 0 Å². The number of rotatable bonds is 9. The Labute approximate surface area is 188 Å². The Bertz CT molecular complexity index is 807. The Morgan fingerprint density at radius 1 is 1.03 bits per heavy atom. The van der Waals surface area contributed by atoms with E-state index in [-0.39, 0.29) is 47.1 Å². The summed E-state index contributed by atoms with van der Waals surface area (Å²) in [4.78, 5) is 51.0. The van der Waals surface area contributed by atoms with Gasteiger partial charge in [0.05, 0.1) is 37.8 Å². The van der Waals surface area contributed by atoms with E-state index in [1.54, 1.807) is 0 Å². The molecule has 2 N–H and O–H groups in total. The van der Waals surface area contributed by atoms with E-state index in [9.17, 15) is 19.2 Å². The monoisotopic (exact) mass is 447 g/mol. The molecule has 2 unspecified atom stereocenters. The minimum absolute atomic E-state index is 0.0317. The van der Waals surface area contributed by atoms with Gasteiger partial charge < -0.3 is 20.1 Å². The molecule has 9 heteroatoms. The molecular weight excluding hydrogens is 414 g/mol. The molecule has 0 aliphatic carbocycles. The van der Waals surface area contributed by atoms with E-state index in [1.807, 2.05) is 11.8 Å². The van der Waals surface area contributed by atoms with Crippen molar-refractivity contribution in [1.29, 1.82) is 0 Å². The van der Waals surface area contributed by atoms with Gasteiger partial charge in [0.1, 0.15) is 0 Å². The second kappa shape index (κ2) is 12.2. The number of carbonyl (C=O) groups excluding carboxylic acids is 4. The van der Waals surface area contributed by atoms with E-state index in [2.05, 4.69) is 17.6 Å². The fraction of sp³-hybridized carbons (Fsp3) is 0.565. The summed E-state index contributed by atoms with van der Waals surface area (Å²) in [5.74, 6) is -1.68. The molecule has 0 spiro atoms. The van der Waals surface area contributed by atoms with Gasteiger partial charge in [-0.3, -0.25) is 14.5 Å². The number of likely N-dealkylation sites (tertiary alicyclic amines) is 1. The van der Waals surface area contributed by atoms with Crippen molar-refractivity contribution < 1.29 is 28.7 Å². The number of nitrogens with one attached hydrogen (secondary N) is 2. The second-order valence-corrected chi connectivity index (χ2v) is 8.03. The fourth-order valence-electron chi connectivity index (χ4n) is 3.70. The second-order valence-electron chi connectivity index (χ2n) is 8.03. The zero-order valence-corrected chi connectivity index (χ0v) is 19.2. The first-order chi connectivity index (χ1) is 15.3. The molecule has 1 heterocycles. The molecule has 1 aliphatic heterocycles. The molecule has 1 aliphatic rings. The van der Waals surface area contributed by atoms with Crippen LogP contribution < -0.4 is 10.6 Å². The van der Waals surface area contributed by atoms with Crippen LogP contribution in [0.1, 0.15) is 60.2 Å². The number of carbonyl (C=O) groups is 4. The molecule has 1 saturated heterocycles. The number of esters is 2. The Balaban J connectivity index is 2.06. The van der Waals surface area contributed by atoms with Gasteiger partial charge in [-0.05, 0) is 44.4 Å². The van der Waals surface area contributed by atoms with Crippen LogP contribution in [0, 0.1) is 5.92 Å². The van der Waals surface area contributed by atoms with Crippen LogP contribution in [0.4, 0.5) is 5.69 Å². The first kappa shape index (κ1) is 25.3. The molecule has 1 aromatic carbocycles. The summed E-state index contributed by atoms with van der Waals surface area (Å²) in [5, 5.41) is 5.71. The van der Waals surface area contributed by atoms with Crippen LogP contribution >= 0.6 is 0 Å². The molecule has 176 valence electrons. The minimum Gasteiger partial charge on any atom is -0.465 e. The zero-order chi connectivity index (χ0) is 23.7. The summed E-state index contributed by atoms with van der Waals surface area (Å²) in [7, 11) is 2.47. The molecule has 1 aromatic rings. The van der Waals surface area contributed by atoms with Crippen LogP contribution in [-0.4, -0.2) is 68.5 Å². The molecule has 9 nitrogen and oxygen atoms in total. The third kappa shape index (κ3) is 7.05. The smallest absolute Gasteiger partial charge is 0.337 e. The van der Waals surface area contributed by atoms with Gasteiger partial charge in [0, 0.05) is 24.8 Å². The summed E-state index contributed by atoms with van der Waals surface area (Å²) in [6.07, 6.45) is 3.58. The maximum absolute atomic E-state index is 12.7. The normalized spacial score (nSPS) is 18.5. The van der Waals surface area contributed by atoms with Gasteiger partial charge >= 0.3 is 11.9 Å². The van der Waals surface area contributed by atoms with Crippen LogP contribution in [0.2, 0.25) is 0 Å². The van der Waals surface area contributed by atoms with E-state index in [0.717, 1.165) is 25.7 Å². The lowest BCUT2D eigenvalue weighted by Gasteiger charge is -2.36. The number of methoxy groups -OCH3 is 2. The molecule has 2 rings (SSSR count). The minimum atomic E-state index is -0.632. The molecule has 1 fully saturated rings. The van der Waals surface area contributed by atoms with Gasteiger partial charge in [0.15, 0.2) is 0 Å². The molecule has 2 atom stereocenters. The number of anilines is 1. The SMILES string of the molecule is CCCCNC(=O)C1CCC(C)N(CC(=O)Nc2cc(C(=O)OC)cc(C(=O)OC)c2)C1. The van der Waals surface area contributed by atoms with E-state index in [0.29, 0.717) is 13.1 Å². The third-order valence-electron chi connectivity index (χ3n) is 5.62. The van der Waals surface area contributed by atoms with Gasteiger partial charge in [-0.1, -0.05) is 13.3 Å². The lowest BCUT2D eigenvalue weighted by molar-refractivity contribution is -0.128. The maximum atomic E-state index is 12.7. The van der Waals surface area contributed by atoms with Gasteiger partial charge in [-0.25, -0.2) is 9.59 Å². The number of hydrogen-bond acceptors (Lipinski definition) is 7. The Kier molecular flexibility index (Phi) is 9.64. The van der Waals surface area contributed by atoms with Crippen LogP contribution in [0.15, 0.2) is 18.2 Å². The third-order valence-corrected chi connectivity index (χ3v) is 5.62. The highest BCUT2D eigenvalue weighted by molar-refractivity contribution is 5.99. The first-order valence-corrected chi connectivity index (χ1v) is 10.9. The van der Waals surface area contributed by atoms with E-state index < -0.39 is 11.9 Å². The van der Waals surface area contributed by atoms with Crippen molar-refractivity contribution in [2.45, 2.75) is 45.6 Å². The summed E-state index contributed by atoms with van der Waals surface area (Å²) in [6.45, 7) is 5.37. The number of nitrogens with zero attached hydrogens (tertiary/aromatic N) is 1. The summed E-state index contributed by atoms with van der Waals surface area (Å²) in [6, 6.07) is 4.40. The largest absolute Gasteiger partial charge is 0.465 e. The number of benzene rings is 1. The quantitative estimate of drug-likeness (QED) is 0.441. The molecule has 2 amide bonds. The highest BCUT2D eigenvalue weighted by Gasteiger charge is 2.30. The average molecular weight is 448 g/mol. The number of ether oxygens (including phenoxy) is 2. The Morgan fingerprint density at radius 3 is 2.22 bits per heavy atom. The summed E-state index contributed by atoms with van der Waals surface area (Å²) < 4.78 is 9.44. The number of unbranched alkanes of at least 4 members (excludes halogenated alkanes) is 1. The lowest BCUT2D eigenvalue weighted by atomic mass is 9.92. The van der Waals surface area contributed by atoms with Crippen molar-refractivity contribution in [1.82, 2.24) is 10.2 Å². The first-order valence-electron chi connectivity index (χ1n) is 10.9. The Morgan fingerprint density at radius 2 is 1.66 bits per heavy atom. The molecule has 0 aromatic heterocycles. The van der Waals surface area contributed by atoms with Gasteiger partial charge in [0.2, 0.25) is 11.8 Å². The lowest BCUT2D eigenvalue weighted by Crippen LogP contribution is -2.49. The van der Waals surface area contributed by atoms with Gasteiger partial charge in [-0.15, -0.1) is 0 Å². The van der Waals surface area contributed by atoms with Gasteiger partial charge in [-0.2, -0.15) is 0 Å². The van der Waals surface area contributed by atoms with Crippen LogP contribution in [0.3, 0.4) is 0 Å². The van der Waals surface area contributed by atoms with Crippen molar-refractivity contribution in [3.8, 4) is 0 Å². The predicted octanol–water partition coefficient (Wildman–Crippen LogP) is 2.22. The molecule has 0 saturated carbocycles. The highest BCUT2D eigenvalue weighted by atomic mass is 16.5. The van der Waals surface area contributed by atoms with Crippen molar-refractivity contribution >= 4 is 29.4 Å². The highest BCUT2D eigenvalue weighted by Crippen LogP contribution is 2.22.